The molecule has 28 heavy (non-hydrogen) atoms. The lowest BCUT2D eigenvalue weighted by atomic mass is 9.63. The van der Waals surface area contributed by atoms with Crippen LogP contribution in [0.25, 0.3) is 0 Å². The Morgan fingerprint density at radius 3 is 2.57 bits per heavy atom. The number of nitrogens with two attached hydrogens (primary N) is 1. The predicted octanol–water partition coefficient (Wildman–Crippen LogP) is 4.14. The first kappa shape index (κ1) is 20.8. The fourth-order valence-electron chi connectivity index (χ4n) is 4.23. The van der Waals surface area contributed by atoms with E-state index in [0.29, 0.717) is 25.2 Å². The summed E-state index contributed by atoms with van der Waals surface area (Å²) >= 11 is 0. The Hall–Kier alpha value is -1.95. The van der Waals surface area contributed by atoms with Gasteiger partial charge in [-0.05, 0) is 68.5 Å². The van der Waals surface area contributed by atoms with Crippen LogP contribution >= 0.6 is 0 Å². The number of ether oxygens (including phenoxy) is 2. The summed E-state index contributed by atoms with van der Waals surface area (Å²) in [4.78, 5) is 0. The molecule has 5 heteroatoms. The Morgan fingerprint density at radius 2 is 1.93 bits per heavy atom. The van der Waals surface area contributed by atoms with Crippen molar-refractivity contribution >= 4 is 0 Å². The van der Waals surface area contributed by atoms with Crippen molar-refractivity contribution in [1.29, 1.82) is 0 Å². The van der Waals surface area contributed by atoms with Crippen molar-refractivity contribution in [2.24, 2.45) is 11.7 Å². The lowest BCUT2D eigenvalue weighted by molar-refractivity contribution is -0.124. The average molecular weight is 387 g/mol. The van der Waals surface area contributed by atoms with Crippen molar-refractivity contribution in [2.75, 3.05) is 7.11 Å². The maximum atomic E-state index is 13.1. The molecular weight excluding hydrogens is 357 g/mol. The first-order valence-electron chi connectivity index (χ1n) is 9.74. The largest absolute Gasteiger partial charge is 0.497 e. The summed E-state index contributed by atoms with van der Waals surface area (Å²) in [5, 5.41) is 11.7. The fraction of sp³-hybridized carbons (Fsp3) is 0.478. The third-order valence-corrected chi connectivity index (χ3v) is 5.79. The highest BCUT2D eigenvalue weighted by molar-refractivity contribution is 5.34. The van der Waals surface area contributed by atoms with E-state index in [1.165, 1.54) is 12.1 Å². The monoisotopic (exact) mass is 387 g/mol. The maximum absolute atomic E-state index is 13.1. The third-order valence-electron chi connectivity index (χ3n) is 5.79. The molecule has 0 saturated heterocycles. The van der Waals surface area contributed by atoms with Gasteiger partial charge in [-0.15, -0.1) is 0 Å². The summed E-state index contributed by atoms with van der Waals surface area (Å²) in [5.41, 5.74) is 6.62. The molecule has 4 nitrogen and oxygen atoms in total. The van der Waals surface area contributed by atoms with Gasteiger partial charge in [-0.2, -0.15) is 0 Å². The minimum atomic E-state index is -1.04. The first-order valence-corrected chi connectivity index (χ1v) is 9.74. The van der Waals surface area contributed by atoms with Crippen LogP contribution in [-0.4, -0.2) is 23.9 Å². The van der Waals surface area contributed by atoms with Crippen LogP contribution in [-0.2, 0) is 16.9 Å². The minimum Gasteiger partial charge on any atom is -0.497 e. The van der Waals surface area contributed by atoms with E-state index in [9.17, 15) is 9.50 Å². The molecule has 152 valence electrons. The van der Waals surface area contributed by atoms with Crippen LogP contribution in [0.15, 0.2) is 48.5 Å². The molecule has 0 amide bonds. The zero-order valence-electron chi connectivity index (χ0n) is 16.8. The highest BCUT2D eigenvalue weighted by atomic mass is 19.1. The molecule has 3 rings (SSSR count). The van der Waals surface area contributed by atoms with E-state index in [1.807, 2.05) is 38.1 Å². The van der Waals surface area contributed by atoms with Crippen molar-refractivity contribution in [3.63, 3.8) is 0 Å². The molecule has 3 N–H and O–H groups in total. The fourth-order valence-corrected chi connectivity index (χ4v) is 4.23. The van der Waals surface area contributed by atoms with E-state index in [0.717, 1.165) is 17.5 Å². The molecule has 1 fully saturated rings. The number of hydrogen-bond donors (Lipinski definition) is 2. The van der Waals surface area contributed by atoms with Gasteiger partial charge in [0.25, 0.3) is 0 Å². The summed E-state index contributed by atoms with van der Waals surface area (Å²) in [5.74, 6) is 0.281. The van der Waals surface area contributed by atoms with Gasteiger partial charge in [0.1, 0.15) is 11.6 Å². The van der Waals surface area contributed by atoms with Gasteiger partial charge in [0, 0.05) is 11.5 Å². The molecule has 0 heterocycles. The summed E-state index contributed by atoms with van der Waals surface area (Å²) in [6.45, 7) is 4.32. The average Bonchev–Trinajstić information content (AvgIpc) is 2.67. The molecule has 1 aliphatic carbocycles. The van der Waals surface area contributed by atoms with Crippen molar-refractivity contribution in [1.82, 2.24) is 0 Å². The van der Waals surface area contributed by atoms with Gasteiger partial charge in [-0.25, -0.2) is 4.39 Å². The topological polar surface area (TPSA) is 64.7 Å². The lowest BCUT2D eigenvalue weighted by Gasteiger charge is -2.49. The third kappa shape index (κ3) is 4.54. The molecule has 2 aromatic carbocycles. The molecule has 1 saturated carbocycles. The molecule has 0 spiro atoms. The second-order valence-electron chi connectivity index (χ2n) is 8.36. The van der Waals surface area contributed by atoms with Crippen LogP contribution in [0.4, 0.5) is 4.39 Å². The van der Waals surface area contributed by atoms with Crippen molar-refractivity contribution in [2.45, 2.75) is 57.0 Å². The highest BCUT2D eigenvalue weighted by Gasteiger charge is 2.49. The maximum Gasteiger partial charge on any atom is 0.123 e. The Labute approximate surface area is 166 Å². The Balaban J connectivity index is 1.77. The predicted molar refractivity (Wildman–Crippen MR) is 107 cm³/mol. The Kier molecular flexibility index (Phi) is 6.08. The van der Waals surface area contributed by atoms with Crippen LogP contribution < -0.4 is 10.5 Å². The zero-order valence-corrected chi connectivity index (χ0v) is 16.8. The molecule has 0 aliphatic heterocycles. The SMILES string of the molecule is COc1cccc([C@@]2(O)CC[C@H](OCc3ccc(F)cc3)C[C@@H]2C(C)(C)N)c1. The quantitative estimate of drug-likeness (QED) is 0.782. The second kappa shape index (κ2) is 8.19. The van der Waals surface area contributed by atoms with Crippen molar-refractivity contribution in [3.8, 4) is 5.75 Å². The van der Waals surface area contributed by atoms with Crippen LogP contribution in [0.5, 0.6) is 5.75 Å². The van der Waals surface area contributed by atoms with Crippen LogP contribution in [0.2, 0.25) is 0 Å². The van der Waals surface area contributed by atoms with Gasteiger partial charge < -0.3 is 20.3 Å². The van der Waals surface area contributed by atoms with E-state index in [1.54, 1.807) is 19.2 Å². The molecule has 0 unspecified atom stereocenters. The molecular formula is C23H30FNO3. The first-order chi connectivity index (χ1) is 13.2. The number of aliphatic hydroxyl groups is 1. The van der Waals surface area contributed by atoms with E-state index >= 15 is 0 Å². The smallest absolute Gasteiger partial charge is 0.123 e. The van der Waals surface area contributed by atoms with Crippen molar-refractivity contribution in [3.05, 3.63) is 65.5 Å². The number of hydrogen-bond acceptors (Lipinski definition) is 4. The van der Waals surface area contributed by atoms with Crippen LogP contribution in [0, 0.1) is 11.7 Å². The van der Waals surface area contributed by atoms with Gasteiger partial charge in [0.2, 0.25) is 0 Å². The van der Waals surface area contributed by atoms with E-state index < -0.39 is 11.1 Å². The van der Waals surface area contributed by atoms with E-state index in [4.69, 9.17) is 15.2 Å². The molecule has 0 bridgehead atoms. The van der Waals surface area contributed by atoms with Gasteiger partial charge in [-0.3, -0.25) is 0 Å². The number of methoxy groups -OCH3 is 1. The van der Waals surface area contributed by atoms with Gasteiger partial charge >= 0.3 is 0 Å². The number of halogens is 1. The number of rotatable bonds is 6. The summed E-state index contributed by atoms with van der Waals surface area (Å²) in [6, 6.07) is 13.9. The highest BCUT2D eigenvalue weighted by Crippen LogP contribution is 2.47. The normalized spacial score (nSPS) is 25.5. The zero-order chi connectivity index (χ0) is 20.4. The van der Waals surface area contributed by atoms with Crippen LogP contribution in [0.3, 0.4) is 0 Å². The standard InChI is InChI=1S/C23H30FNO3/c1-22(2,25)21-14-20(28-15-16-7-9-18(24)10-8-16)11-12-23(21,26)17-5-4-6-19(13-17)27-3/h4-10,13,20-21,26H,11-12,14-15,25H2,1-3H3/t20-,21+,23-/m0/s1. The Morgan fingerprint density at radius 1 is 1.21 bits per heavy atom. The molecule has 3 atom stereocenters. The van der Waals surface area contributed by atoms with Gasteiger partial charge in [0.15, 0.2) is 0 Å². The summed E-state index contributed by atoms with van der Waals surface area (Å²) in [7, 11) is 1.62. The number of benzene rings is 2. The van der Waals surface area contributed by atoms with Gasteiger partial charge in [0.05, 0.1) is 25.4 Å². The minimum absolute atomic E-state index is 0.0104. The van der Waals surface area contributed by atoms with Gasteiger partial charge in [-0.1, -0.05) is 24.3 Å². The van der Waals surface area contributed by atoms with E-state index in [-0.39, 0.29) is 17.8 Å². The summed E-state index contributed by atoms with van der Waals surface area (Å²) < 4.78 is 24.5. The van der Waals surface area contributed by atoms with Crippen LogP contribution in [0.1, 0.15) is 44.2 Å². The molecule has 0 radical (unpaired) electrons. The summed E-state index contributed by atoms with van der Waals surface area (Å²) in [6.07, 6.45) is 1.92. The molecule has 2 aromatic rings. The molecule has 1 aliphatic rings. The van der Waals surface area contributed by atoms with Crippen molar-refractivity contribution < 1.29 is 19.0 Å². The second-order valence-corrected chi connectivity index (χ2v) is 8.36. The Bertz CT molecular complexity index is 787. The lowest BCUT2D eigenvalue weighted by Crippen LogP contribution is -2.56. The van der Waals surface area contributed by atoms with E-state index in [2.05, 4.69) is 0 Å². The molecule has 0 aromatic heterocycles.